The Hall–Kier alpha value is -1.31. The minimum absolute atomic E-state index is 0.0850. The van der Waals surface area contributed by atoms with Gasteiger partial charge in [-0.2, -0.15) is 0 Å². The van der Waals surface area contributed by atoms with Crippen molar-refractivity contribution in [2.75, 3.05) is 19.3 Å². The Labute approximate surface area is 147 Å². The highest BCUT2D eigenvalue weighted by atomic mass is 35.5. The van der Waals surface area contributed by atoms with Crippen LogP contribution in [-0.2, 0) is 9.59 Å². The topological polar surface area (TPSA) is 62.3 Å². The van der Waals surface area contributed by atoms with E-state index in [-0.39, 0.29) is 24.1 Å². The molecular formula is C15H16ClN3O2S2. The van der Waals surface area contributed by atoms with Crippen molar-refractivity contribution in [2.24, 2.45) is 0 Å². The average Bonchev–Trinajstić information content (AvgIpc) is 3.21. The van der Waals surface area contributed by atoms with E-state index in [9.17, 15) is 9.59 Å². The SMILES string of the molecule is CN(CC(=O)NC1CC1)C(=O)CSc1nc2cc(Cl)ccc2s1. The zero-order valence-electron chi connectivity index (χ0n) is 12.5. The van der Waals surface area contributed by atoms with Gasteiger partial charge in [0.05, 0.1) is 22.5 Å². The molecule has 0 spiro atoms. The molecule has 5 nitrogen and oxygen atoms in total. The van der Waals surface area contributed by atoms with Crippen molar-refractivity contribution >= 4 is 56.7 Å². The number of thiazole rings is 1. The maximum absolute atomic E-state index is 12.1. The van der Waals surface area contributed by atoms with Crippen molar-refractivity contribution in [3.05, 3.63) is 23.2 Å². The van der Waals surface area contributed by atoms with Crippen LogP contribution in [0.25, 0.3) is 10.2 Å². The number of thioether (sulfide) groups is 1. The van der Waals surface area contributed by atoms with Crippen LogP contribution in [0.15, 0.2) is 22.5 Å². The van der Waals surface area contributed by atoms with Crippen molar-refractivity contribution in [3.8, 4) is 0 Å². The van der Waals surface area contributed by atoms with E-state index in [2.05, 4.69) is 10.3 Å². The highest BCUT2D eigenvalue weighted by Gasteiger charge is 2.24. The maximum atomic E-state index is 12.1. The fraction of sp³-hybridized carbons (Fsp3) is 0.400. The molecule has 8 heteroatoms. The third kappa shape index (κ3) is 4.59. The molecule has 0 unspecified atom stereocenters. The second-order valence-electron chi connectivity index (χ2n) is 5.47. The zero-order valence-corrected chi connectivity index (χ0v) is 14.9. The molecule has 122 valence electrons. The van der Waals surface area contributed by atoms with E-state index in [1.807, 2.05) is 18.2 Å². The molecule has 1 aliphatic carbocycles. The lowest BCUT2D eigenvalue weighted by atomic mass is 10.3. The summed E-state index contributed by atoms with van der Waals surface area (Å²) in [5.41, 5.74) is 0.842. The number of aromatic nitrogens is 1. The van der Waals surface area contributed by atoms with Gasteiger partial charge in [-0.25, -0.2) is 4.98 Å². The molecule has 1 N–H and O–H groups in total. The largest absolute Gasteiger partial charge is 0.352 e. The van der Waals surface area contributed by atoms with Crippen molar-refractivity contribution in [2.45, 2.75) is 23.2 Å². The second-order valence-corrected chi connectivity index (χ2v) is 8.16. The molecule has 0 saturated heterocycles. The summed E-state index contributed by atoms with van der Waals surface area (Å²) in [6.07, 6.45) is 2.09. The van der Waals surface area contributed by atoms with E-state index in [1.54, 1.807) is 7.05 Å². The van der Waals surface area contributed by atoms with E-state index in [1.165, 1.54) is 28.0 Å². The van der Waals surface area contributed by atoms with Gasteiger partial charge in [0, 0.05) is 18.1 Å². The van der Waals surface area contributed by atoms with E-state index in [0.29, 0.717) is 11.1 Å². The lowest BCUT2D eigenvalue weighted by Gasteiger charge is -2.16. The Bertz CT molecular complexity index is 745. The number of carbonyl (C=O) groups is 2. The summed E-state index contributed by atoms with van der Waals surface area (Å²) in [5.74, 6) is 0.0852. The van der Waals surface area contributed by atoms with Crippen LogP contribution in [0, 0.1) is 0 Å². The zero-order chi connectivity index (χ0) is 16.4. The first-order valence-electron chi connectivity index (χ1n) is 7.23. The first kappa shape index (κ1) is 16.5. The van der Waals surface area contributed by atoms with E-state index < -0.39 is 0 Å². The van der Waals surface area contributed by atoms with Gasteiger partial charge >= 0.3 is 0 Å². The molecule has 1 aliphatic rings. The standard InChI is InChI=1S/C15H16ClN3O2S2/c1-19(7-13(20)17-10-3-4-10)14(21)8-22-15-18-11-6-9(16)2-5-12(11)23-15/h2,5-6,10H,3-4,7-8H2,1H3,(H,17,20). The van der Waals surface area contributed by atoms with Crippen LogP contribution in [-0.4, -0.2) is 47.1 Å². The van der Waals surface area contributed by atoms with Crippen LogP contribution < -0.4 is 5.32 Å². The van der Waals surface area contributed by atoms with Gasteiger partial charge in [-0.3, -0.25) is 9.59 Å². The van der Waals surface area contributed by atoms with Gasteiger partial charge in [-0.1, -0.05) is 23.4 Å². The third-order valence-corrected chi connectivity index (χ3v) is 5.80. The van der Waals surface area contributed by atoms with Gasteiger partial charge in [0.25, 0.3) is 0 Å². The molecule has 1 heterocycles. The first-order valence-corrected chi connectivity index (χ1v) is 9.41. The number of hydrogen-bond donors (Lipinski definition) is 1. The molecule has 1 saturated carbocycles. The van der Waals surface area contributed by atoms with Gasteiger partial charge < -0.3 is 10.2 Å². The summed E-state index contributed by atoms with van der Waals surface area (Å²) in [6, 6.07) is 5.88. The van der Waals surface area contributed by atoms with Crippen molar-refractivity contribution in [1.29, 1.82) is 0 Å². The number of nitrogens with zero attached hydrogens (tertiary/aromatic N) is 2. The molecule has 0 bridgehead atoms. The number of fused-ring (bicyclic) bond motifs is 1. The quantitative estimate of drug-likeness (QED) is 0.795. The van der Waals surface area contributed by atoms with Crippen molar-refractivity contribution < 1.29 is 9.59 Å². The molecule has 1 fully saturated rings. The predicted octanol–water partition coefficient (Wildman–Crippen LogP) is 2.78. The molecular weight excluding hydrogens is 354 g/mol. The number of nitrogens with one attached hydrogen (secondary N) is 1. The molecule has 23 heavy (non-hydrogen) atoms. The Morgan fingerprint density at radius 2 is 2.26 bits per heavy atom. The second kappa shape index (κ2) is 7.07. The molecule has 3 rings (SSSR count). The molecule has 2 amide bonds. The summed E-state index contributed by atoms with van der Waals surface area (Å²) in [7, 11) is 1.65. The normalized spacial score (nSPS) is 14.0. The average molecular weight is 370 g/mol. The van der Waals surface area contributed by atoms with Crippen LogP contribution >= 0.6 is 34.7 Å². The summed E-state index contributed by atoms with van der Waals surface area (Å²) in [6.45, 7) is 0.103. The van der Waals surface area contributed by atoms with E-state index in [4.69, 9.17) is 11.6 Å². The van der Waals surface area contributed by atoms with Gasteiger partial charge in [-0.15, -0.1) is 11.3 Å². The fourth-order valence-electron chi connectivity index (χ4n) is 1.98. The third-order valence-electron chi connectivity index (χ3n) is 3.40. The number of benzene rings is 1. The summed E-state index contributed by atoms with van der Waals surface area (Å²) < 4.78 is 1.87. The molecule has 1 aromatic heterocycles. The summed E-state index contributed by atoms with van der Waals surface area (Å²) in [4.78, 5) is 29.7. The minimum atomic E-state index is -0.0945. The highest BCUT2D eigenvalue weighted by Crippen LogP contribution is 2.31. The van der Waals surface area contributed by atoms with E-state index >= 15 is 0 Å². The molecule has 0 atom stereocenters. The highest BCUT2D eigenvalue weighted by molar-refractivity contribution is 8.01. The molecule has 2 aromatic rings. The first-order chi connectivity index (χ1) is 11.0. The summed E-state index contributed by atoms with van der Waals surface area (Å²) >= 11 is 8.86. The lowest BCUT2D eigenvalue weighted by Crippen LogP contribution is -2.39. The van der Waals surface area contributed by atoms with Gasteiger partial charge in [0.2, 0.25) is 11.8 Å². The monoisotopic (exact) mass is 369 g/mol. The predicted molar refractivity (Wildman–Crippen MR) is 94.2 cm³/mol. The Morgan fingerprint density at radius 3 is 3.00 bits per heavy atom. The van der Waals surface area contributed by atoms with Gasteiger partial charge in [-0.05, 0) is 31.0 Å². The minimum Gasteiger partial charge on any atom is -0.352 e. The number of carbonyl (C=O) groups excluding carboxylic acids is 2. The number of halogens is 1. The van der Waals surface area contributed by atoms with Crippen LogP contribution in [0.1, 0.15) is 12.8 Å². The Kier molecular flexibility index (Phi) is 5.08. The van der Waals surface area contributed by atoms with Crippen LogP contribution in [0.4, 0.5) is 0 Å². The van der Waals surface area contributed by atoms with Crippen molar-refractivity contribution in [1.82, 2.24) is 15.2 Å². The Morgan fingerprint density at radius 1 is 1.48 bits per heavy atom. The van der Waals surface area contributed by atoms with Crippen LogP contribution in [0.2, 0.25) is 5.02 Å². The summed E-state index contributed by atoms with van der Waals surface area (Å²) in [5, 5.41) is 3.52. The van der Waals surface area contributed by atoms with Crippen LogP contribution in [0.3, 0.4) is 0 Å². The lowest BCUT2D eigenvalue weighted by molar-refractivity contribution is -0.132. The molecule has 0 aliphatic heterocycles. The van der Waals surface area contributed by atoms with E-state index in [0.717, 1.165) is 27.4 Å². The van der Waals surface area contributed by atoms with Crippen LogP contribution in [0.5, 0.6) is 0 Å². The molecule has 0 radical (unpaired) electrons. The number of likely N-dealkylation sites (N-methyl/N-ethyl adjacent to an activating group) is 1. The number of rotatable bonds is 6. The maximum Gasteiger partial charge on any atom is 0.239 e. The smallest absolute Gasteiger partial charge is 0.239 e. The molecule has 1 aromatic carbocycles. The van der Waals surface area contributed by atoms with Crippen molar-refractivity contribution in [3.63, 3.8) is 0 Å². The van der Waals surface area contributed by atoms with Gasteiger partial charge in [0.1, 0.15) is 0 Å². The number of hydrogen-bond acceptors (Lipinski definition) is 5. The fourth-order valence-corrected chi connectivity index (χ4v) is 4.14. The van der Waals surface area contributed by atoms with Gasteiger partial charge in [0.15, 0.2) is 4.34 Å². The Balaban J connectivity index is 1.51. The number of amides is 2.